The lowest BCUT2D eigenvalue weighted by atomic mass is 9.93. The van der Waals surface area contributed by atoms with Crippen LogP contribution in [0.1, 0.15) is 52.1 Å². The number of nitrogens with one attached hydrogen (secondary N) is 1. The number of ether oxygens (including phenoxy) is 1. The molecule has 19 heavy (non-hydrogen) atoms. The fraction of sp³-hybridized carbons (Fsp3) is 0.625. The van der Waals surface area contributed by atoms with Crippen LogP contribution in [0.4, 0.5) is 0 Å². The fourth-order valence-electron chi connectivity index (χ4n) is 2.21. The molecule has 0 fully saturated rings. The Morgan fingerprint density at radius 1 is 1.26 bits per heavy atom. The summed E-state index contributed by atoms with van der Waals surface area (Å²) >= 11 is 3.57. The van der Waals surface area contributed by atoms with Crippen LogP contribution in [0, 0.1) is 5.92 Å². The van der Waals surface area contributed by atoms with E-state index in [9.17, 15) is 0 Å². The van der Waals surface area contributed by atoms with E-state index in [0.717, 1.165) is 23.2 Å². The Morgan fingerprint density at radius 3 is 2.58 bits per heavy atom. The Morgan fingerprint density at radius 2 is 2.00 bits per heavy atom. The lowest BCUT2D eigenvalue weighted by molar-refractivity contribution is 0.324. The van der Waals surface area contributed by atoms with Gasteiger partial charge in [-0.05, 0) is 44.0 Å². The summed E-state index contributed by atoms with van der Waals surface area (Å²) in [6, 6.07) is 6.64. The van der Waals surface area contributed by atoms with Crippen LogP contribution in [-0.2, 0) is 0 Å². The zero-order valence-electron chi connectivity index (χ0n) is 12.5. The second kappa shape index (κ2) is 8.60. The highest BCUT2D eigenvalue weighted by Crippen LogP contribution is 2.32. The second-order valence-electron chi connectivity index (χ2n) is 4.97. The molecule has 3 heteroatoms. The van der Waals surface area contributed by atoms with Gasteiger partial charge in [0.2, 0.25) is 0 Å². The van der Waals surface area contributed by atoms with E-state index in [1.54, 1.807) is 0 Å². The second-order valence-corrected chi connectivity index (χ2v) is 5.89. The van der Waals surface area contributed by atoms with Crippen LogP contribution in [0.5, 0.6) is 5.75 Å². The van der Waals surface area contributed by atoms with Crippen molar-refractivity contribution in [3.8, 4) is 5.75 Å². The first-order chi connectivity index (χ1) is 9.12. The third-order valence-electron chi connectivity index (χ3n) is 3.43. The van der Waals surface area contributed by atoms with Gasteiger partial charge in [-0.25, -0.2) is 0 Å². The highest BCUT2D eigenvalue weighted by Gasteiger charge is 2.18. The number of hydrogen-bond donors (Lipinski definition) is 1. The van der Waals surface area contributed by atoms with E-state index >= 15 is 0 Å². The molecule has 1 N–H and O–H groups in total. The molecule has 2 nitrogen and oxygen atoms in total. The molecule has 108 valence electrons. The molecule has 0 aliphatic rings. The molecule has 0 aliphatic heterocycles. The first kappa shape index (κ1) is 16.5. The lowest BCUT2D eigenvalue weighted by Gasteiger charge is -2.24. The van der Waals surface area contributed by atoms with E-state index in [1.165, 1.54) is 12.0 Å². The molecule has 0 radical (unpaired) electrons. The van der Waals surface area contributed by atoms with E-state index in [0.29, 0.717) is 18.6 Å². The van der Waals surface area contributed by atoms with Gasteiger partial charge >= 0.3 is 0 Å². The van der Waals surface area contributed by atoms with Crippen molar-refractivity contribution < 1.29 is 4.74 Å². The topological polar surface area (TPSA) is 21.3 Å². The van der Waals surface area contributed by atoms with Crippen molar-refractivity contribution in [2.24, 2.45) is 5.92 Å². The molecule has 0 saturated heterocycles. The molecule has 0 heterocycles. The van der Waals surface area contributed by atoms with Crippen molar-refractivity contribution in [2.45, 2.75) is 46.6 Å². The number of halogens is 1. The summed E-state index contributed by atoms with van der Waals surface area (Å²) in [4.78, 5) is 0. The van der Waals surface area contributed by atoms with Crippen molar-refractivity contribution in [3.63, 3.8) is 0 Å². The molecular weight excluding hydrogens is 302 g/mol. The van der Waals surface area contributed by atoms with E-state index in [-0.39, 0.29) is 0 Å². The molecule has 0 aliphatic carbocycles. The highest BCUT2D eigenvalue weighted by atomic mass is 79.9. The lowest BCUT2D eigenvalue weighted by Crippen LogP contribution is -2.23. The summed E-state index contributed by atoms with van der Waals surface area (Å²) in [6.45, 7) is 10.4. The summed E-state index contributed by atoms with van der Waals surface area (Å²) in [5.74, 6) is 1.71. The normalized spacial score (nSPS) is 14.2. The summed E-state index contributed by atoms with van der Waals surface area (Å²) in [5.41, 5.74) is 1.26. The minimum absolute atomic E-state index is 0.360. The first-order valence-electron chi connectivity index (χ1n) is 7.27. The largest absolute Gasteiger partial charge is 0.494 e. The van der Waals surface area contributed by atoms with Crippen molar-refractivity contribution in [1.82, 2.24) is 5.32 Å². The SMILES string of the molecule is CCNC(CC(C)CC)c1cc(Br)ccc1OCC. The average Bonchev–Trinajstić information content (AvgIpc) is 2.40. The monoisotopic (exact) mass is 327 g/mol. The smallest absolute Gasteiger partial charge is 0.124 e. The Hall–Kier alpha value is -0.540. The summed E-state index contributed by atoms with van der Waals surface area (Å²) < 4.78 is 6.88. The van der Waals surface area contributed by atoms with E-state index in [4.69, 9.17) is 4.74 Å². The van der Waals surface area contributed by atoms with E-state index < -0.39 is 0 Å². The minimum atomic E-state index is 0.360. The molecule has 0 spiro atoms. The van der Waals surface area contributed by atoms with Crippen molar-refractivity contribution >= 4 is 15.9 Å². The molecule has 0 saturated carbocycles. The van der Waals surface area contributed by atoms with Gasteiger partial charge in [0.1, 0.15) is 5.75 Å². The third-order valence-corrected chi connectivity index (χ3v) is 3.93. The Bertz CT molecular complexity index is 381. The predicted molar refractivity (Wildman–Crippen MR) is 85.8 cm³/mol. The average molecular weight is 328 g/mol. The summed E-state index contributed by atoms with van der Waals surface area (Å²) in [7, 11) is 0. The molecule has 1 aromatic rings. The van der Waals surface area contributed by atoms with Crippen LogP contribution in [-0.4, -0.2) is 13.2 Å². The van der Waals surface area contributed by atoms with E-state index in [1.807, 2.05) is 13.0 Å². The summed E-state index contributed by atoms with van der Waals surface area (Å²) in [6.07, 6.45) is 2.35. The molecule has 0 amide bonds. The van der Waals surface area contributed by atoms with Crippen LogP contribution in [0.25, 0.3) is 0 Å². The molecule has 2 unspecified atom stereocenters. The van der Waals surface area contributed by atoms with Gasteiger partial charge in [0.15, 0.2) is 0 Å². The van der Waals surface area contributed by atoms with Gasteiger partial charge < -0.3 is 10.1 Å². The van der Waals surface area contributed by atoms with Gasteiger partial charge in [-0.1, -0.05) is 43.1 Å². The zero-order chi connectivity index (χ0) is 14.3. The minimum Gasteiger partial charge on any atom is -0.494 e. The van der Waals surface area contributed by atoms with Gasteiger partial charge in [-0.15, -0.1) is 0 Å². The maximum Gasteiger partial charge on any atom is 0.124 e. The van der Waals surface area contributed by atoms with E-state index in [2.05, 4.69) is 54.2 Å². The van der Waals surface area contributed by atoms with Gasteiger partial charge in [-0.2, -0.15) is 0 Å². The van der Waals surface area contributed by atoms with Crippen LogP contribution < -0.4 is 10.1 Å². The zero-order valence-corrected chi connectivity index (χ0v) is 14.1. The Balaban J connectivity index is 3.01. The Labute approximate surface area is 126 Å². The quantitative estimate of drug-likeness (QED) is 0.730. The molecular formula is C16H26BrNO. The van der Waals surface area contributed by atoms with Crippen molar-refractivity contribution in [3.05, 3.63) is 28.2 Å². The van der Waals surface area contributed by atoms with Crippen LogP contribution in [0.15, 0.2) is 22.7 Å². The molecule has 2 atom stereocenters. The molecule has 0 bridgehead atoms. The number of rotatable bonds is 8. The van der Waals surface area contributed by atoms with Crippen molar-refractivity contribution in [2.75, 3.05) is 13.2 Å². The van der Waals surface area contributed by atoms with Gasteiger partial charge in [-0.3, -0.25) is 0 Å². The number of benzene rings is 1. The van der Waals surface area contributed by atoms with Crippen LogP contribution in [0.2, 0.25) is 0 Å². The highest BCUT2D eigenvalue weighted by molar-refractivity contribution is 9.10. The van der Waals surface area contributed by atoms with Crippen LogP contribution >= 0.6 is 15.9 Å². The number of hydrogen-bond acceptors (Lipinski definition) is 2. The molecule has 1 rings (SSSR count). The first-order valence-corrected chi connectivity index (χ1v) is 8.07. The van der Waals surface area contributed by atoms with Gasteiger partial charge in [0.05, 0.1) is 6.61 Å². The molecule has 0 aromatic heterocycles. The summed E-state index contributed by atoms with van der Waals surface area (Å²) in [5, 5.41) is 3.59. The predicted octanol–water partition coefficient (Wildman–Crippen LogP) is 4.93. The molecule has 1 aromatic carbocycles. The maximum atomic E-state index is 5.77. The van der Waals surface area contributed by atoms with Crippen molar-refractivity contribution in [1.29, 1.82) is 0 Å². The third kappa shape index (κ3) is 5.15. The van der Waals surface area contributed by atoms with Crippen LogP contribution in [0.3, 0.4) is 0 Å². The van der Waals surface area contributed by atoms with Gasteiger partial charge in [0.25, 0.3) is 0 Å². The standard InChI is InChI=1S/C16H26BrNO/c1-5-12(4)10-15(18-6-2)14-11-13(17)8-9-16(14)19-7-3/h8-9,11-12,15,18H,5-7,10H2,1-4H3. The van der Waals surface area contributed by atoms with Gasteiger partial charge in [0, 0.05) is 16.1 Å². The fourth-order valence-corrected chi connectivity index (χ4v) is 2.59. The Kier molecular flexibility index (Phi) is 7.47. The maximum absolute atomic E-state index is 5.77.